The van der Waals surface area contributed by atoms with Gasteiger partial charge in [0.1, 0.15) is 11.4 Å². The first-order valence-corrected chi connectivity index (χ1v) is 7.32. The van der Waals surface area contributed by atoms with Crippen molar-refractivity contribution in [1.29, 1.82) is 0 Å². The van der Waals surface area contributed by atoms with Gasteiger partial charge in [0.2, 0.25) is 5.82 Å². The highest BCUT2D eigenvalue weighted by atomic mass is 19.1. The zero-order chi connectivity index (χ0) is 17.3. The number of rotatable bonds is 6. The largest absolute Gasteiger partial charge is 0.340 e. The van der Waals surface area contributed by atoms with E-state index in [1.54, 1.807) is 0 Å². The monoisotopic (exact) mass is 327 g/mol. The molecule has 0 radical (unpaired) electrons. The highest BCUT2D eigenvalue weighted by Crippen LogP contribution is 2.27. The SMILES string of the molecule is Cc1cc([N+](=O)[O-])c(F)c(C(=O)N(C)CCN(C)C2CC2)c1F. The van der Waals surface area contributed by atoms with Gasteiger partial charge in [-0.25, -0.2) is 4.39 Å². The molecule has 0 unspecified atom stereocenters. The second-order valence-electron chi connectivity index (χ2n) is 5.91. The van der Waals surface area contributed by atoms with E-state index in [0.717, 1.165) is 18.9 Å². The van der Waals surface area contributed by atoms with Crippen molar-refractivity contribution in [2.75, 3.05) is 27.2 Å². The molecule has 1 aromatic rings. The molecular formula is C15H19F2N3O3. The van der Waals surface area contributed by atoms with Gasteiger partial charge < -0.3 is 9.80 Å². The maximum atomic E-state index is 14.2. The van der Waals surface area contributed by atoms with Crippen molar-refractivity contribution in [1.82, 2.24) is 9.80 Å². The summed E-state index contributed by atoms with van der Waals surface area (Å²) in [4.78, 5) is 25.5. The summed E-state index contributed by atoms with van der Waals surface area (Å²) >= 11 is 0. The number of amides is 1. The molecule has 0 heterocycles. The third-order valence-corrected chi connectivity index (χ3v) is 4.08. The number of aryl methyl sites for hydroxylation is 1. The Morgan fingerprint density at radius 2 is 1.91 bits per heavy atom. The number of nitro groups is 1. The highest BCUT2D eigenvalue weighted by molar-refractivity contribution is 5.95. The molecule has 1 aromatic carbocycles. The zero-order valence-corrected chi connectivity index (χ0v) is 13.3. The second-order valence-corrected chi connectivity index (χ2v) is 5.91. The van der Waals surface area contributed by atoms with Gasteiger partial charge in [0.25, 0.3) is 5.91 Å². The molecular weight excluding hydrogens is 308 g/mol. The van der Waals surface area contributed by atoms with Gasteiger partial charge in [-0.05, 0) is 32.4 Å². The summed E-state index contributed by atoms with van der Waals surface area (Å²) in [6, 6.07) is 1.30. The molecule has 0 aromatic heterocycles. The molecule has 6 nitrogen and oxygen atoms in total. The van der Waals surface area contributed by atoms with Crippen LogP contribution < -0.4 is 0 Å². The van der Waals surface area contributed by atoms with E-state index in [9.17, 15) is 23.7 Å². The lowest BCUT2D eigenvalue weighted by atomic mass is 10.1. The summed E-state index contributed by atoms with van der Waals surface area (Å²) in [5, 5.41) is 10.8. The van der Waals surface area contributed by atoms with E-state index in [0.29, 0.717) is 12.6 Å². The van der Waals surface area contributed by atoms with Gasteiger partial charge in [-0.2, -0.15) is 4.39 Å². The number of likely N-dealkylation sites (N-methyl/N-ethyl adjacent to an activating group) is 2. The quantitative estimate of drug-likeness (QED) is 0.594. The lowest BCUT2D eigenvalue weighted by molar-refractivity contribution is -0.387. The average molecular weight is 327 g/mol. The molecule has 0 bridgehead atoms. The number of carbonyl (C=O) groups excluding carboxylic acids is 1. The number of halogens is 2. The summed E-state index contributed by atoms with van der Waals surface area (Å²) in [7, 11) is 3.35. The highest BCUT2D eigenvalue weighted by Gasteiger charge is 2.31. The number of benzene rings is 1. The Kier molecular flexibility index (Phi) is 4.93. The fourth-order valence-corrected chi connectivity index (χ4v) is 2.37. The lowest BCUT2D eigenvalue weighted by Gasteiger charge is -2.22. The molecule has 1 aliphatic rings. The third-order valence-electron chi connectivity index (χ3n) is 4.08. The van der Waals surface area contributed by atoms with Crippen LogP contribution >= 0.6 is 0 Å². The van der Waals surface area contributed by atoms with Crippen LogP contribution in [0.25, 0.3) is 0 Å². The Morgan fingerprint density at radius 3 is 2.43 bits per heavy atom. The van der Waals surface area contributed by atoms with Crippen molar-refractivity contribution >= 4 is 11.6 Å². The molecule has 1 fully saturated rings. The normalized spacial score (nSPS) is 14.2. The third kappa shape index (κ3) is 3.64. The Bertz CT molecular complexity index is 647. The topological polar surface area (TPSA) is 66.7 Å². The molecule has 0 atom stereocenters. The first-order valence-electron chi connectivity index (χ1n) is 7.32. The van der Waals surface area contributed by atoms with Crippen LogP contribution in [0.5, 0.6) is 0 Å². The zero-order valence-electron chi connectivity index (χ0n) is 13.3. The molecule has 1 saturated carbocycles. The number of hydrogen-bond acceptors (Lipinski definition) is 4. The van der Waals surface area contributed by atoms with Gasteiger partial charge in [-0.1, -0.05) is 0 Å². The van der Waals surface area contributed by atoms with Crippen molar-refractivity contribution in [3.05, 3.63) is 38.9 Å². The van der Waals surface area contributed by atoms with Crippen LogP contribution in [-0.4, -0.2) is 53.9 Å². The van der Waals surface area contributed by atoms with Gasteiger partial charge >= 0.3 is 5.69 Å². The lowest BCUT2D eigenvalue weighted by Crippen LogP contribution is -2.36. The molecule has 23 heavy (non-hydrogen) atoms. The van der Waals surface area contributed by atoms with E-state index < -0.39 is 33.7 Å². The first-order chi connectivity index (χ1) is 10.7. The molecule has 1 aliphatic carbocycles. The van der Waals surface area contributed by atoms with Gasteiger partial charge in [0.15, 0.2) is 0 Å². The van der Waals surface area contributed by atoms with Crippen LogP contribution in [0.2, 0.25) is 0 Å². The van der Waals surface area contributed by atoms with E-state index in [4.69, 9.17) is 0 Å². The van der Waals surface area contributed by atoms with E-state index in [1.165, 1.54) is 18.9 Å². The summed E-state index contributed by atoms with van der Waals surface area (Å²) in [5.74, 6) is -3.37. The van der Waals surface area contributed by atoms with Gasteiger partial charge in [-0.3, -0.25) is 14.9 Å². The van der Waals surface area contributed by atoms with Crippen LogP contribution in [-0.2, 0) is 0 Å². The average Bonchev–Trinajstić information content (AvgIpc) is 3.32. The van der Waals surface area contributed by atoms with Gasteiger partial charge in [0.05, 0.1) is 4.92 Å². The minimum atomic E-state index is -1.43. The van der Waals surface area contributed by atoms with Crippen LogP contribution in [0.4, 0.5) is 14.5 Å². The van der Waals surface area contributed by atoms with E-state index in [-0.39, 0.29) is 12.1 Å². The van der Waals surface area contributed by atoms with Crippen molar-refractivity contribution in [2.45, 2.75) is 25.8 Å². The maximum absolute atomic E-state index is 14.2. The minimum absolute atomic E-state index is 0.134. The van der Waals surface area contributed by atoms with Crippen LogP contribution in [0, 0.1) is 28.7 Å². The standard InChI is InChI=1S/C15H19F2N3O3/c1-9-8-11(20(22)23)14(17)12(13(9)16)15(21)19(3)7-6-18(2)10-4-5-10/h8,10H,4-7H2,1-3H3. The number of carbonyl (C=O) groups is 1. The van der Waals surface area contributed by atoms with Crippen LogP contribution in [0.3, 0.4) is 0 Å². The van der Waals surface area contributed by atoms with E-state index in [1.807, 2.05) is 7.05 Å². The summed E-state index contributed by atoms with van der Waals surface area (Å²) in [5.41, 5.74) is -1.89. The summed E-state index contributed by atoms with van der Waals surface area (Å²) in [6.07, 6.45) is 2.23. The minimum Gasteiger partial charge on any atom is -0.340 e. The smallest absolute Gasteiger partial charge is 0.306 e. The summed E-state index contributed by atoms with van der Waals surface area (Å²) < 4.78 is 28.3. The fourth-order valence-electron chi connectivity index (χ4n) is 2.37. The molecule has 2 rings (SSSR count). The van der Waals surface area contributed by atoms with Gasteiger partial charge in [-0.15, -0.1) is 0 Å². The van der Waals surface area contributed by atoms with Crippen molar-refractivity contribution in [2.24, 2.45) is 0 Å². The maximum Gasteiger partial charge on any atom is 0.306 e. The molecule has 0 saturated heterocycles. The fraction of sp³-hybridized carbons (Fsp3) is 0.533. The van der Waals surface area contributed by atoms with Crippen molar-refractivity contribution < 1.29 is 18.5 Å². The molecule has 8 heteroatoms. The van der Waals surface area contributed by atoms with Crippen LogP contribution in [0.15, 0.2) is 6.07 Å². The number of hydrogen-bond donors (Lipinski definition) is 0. The number of nitro benzene ring substituents is 1. The van der Waals surface area contributed by atoms with Crippen molar-refractivity contribution in [3.63, 3.8) is 0 Å². The Morgan fingerprint density at radius 1 is 1.30 bits per heavy atom. The Labute approximate surface area is 132 Å². The van der Waals surface area contributed by atoms with E-state index >= 15 is 0 Å². The number of nitrogens with zero attached hydrogens (tertiary/aromatic N) is 3. The Balaban J connectivity index is 2.21. The molecule has 0 N–H and O–H groups in total. The Hall–Kier alpha value is -2.09. The molecule has 1 amide bonds. The molecule has 0 spiro atoms. The predicted molar refractivity (Wildman–Crippen MR) is 80.4 cm³/mol. The first kappa shape index (κ1) is 17.3. The van der Waals surface area contributed by atoms with Gasteiger partial charge in [0, 0.05) is 32.2 Å². The second kappa shape index (κ2) is 6.57. The molecule has 126 valence electrons. The van der Waals surface area contributed by atoms with Crippen LogP contribution in [0.1, 0.15) is 28.8 Å². The van der Waals surface area contributed by atoms with Crippen molar-refractivity contribution in [3.8, 4) is 0 Å². The van der Waals surface area contributed by atoms with E-state index in [2.05, 4.69) is 4.90 Å². The summed E-state index contributed by atoms with van der Waals surface area (Å²) in [6.45, 7) is 2.12. The predicted octanol–water partition coefficient (Wildman–Crippen LogP) is 2.35. The molecule has 0 aliphatic heterocycles.